The first-order chi connectivity index (χ1) is 4.89. The largest absolute Gasteiger partial charge is 0.455 e. The highest BCUT2D eigenvalue weighted by Crippen LogP contribution is 2.06. The molecule has 0 spiro atoms. The number of allylic oxidation sites excluding steroid dienone is 1. The predicted octanol–water partition coefficient (Wildman–Crippen LogP) is 1.57. The normalized spacial score (nSPS) is 23.8. The molecule has 0 atom stereocenters. The average Bonchev–Trinajstić information content (AvgIpc) is 2.02. The van der Waals surface area contributed by atoms with Gasteiger partial charge in [0.1, 0.15) is 5.94 Å². The second-order valence-electron chi connectivity index (χ2n) is 2.02. The van der Waals surface area contributed by atoms with Crippen molar-refractivity contribution in [2.24, 2.45) is 0 Å². The van der Waals surface area contributed by atoms with Crippen LogP contribution in [0.1, 0.15) is 12.8 Å². The fourth-order valence-electron chi connectivity index (χ4n) is 0.683. The molecule has 1 aliphatic rings. The number of rotatable bonds is 0. The van der Waals surface area contributed by atoms with Crippen LogP contribution in [0.15, 0.2) is 12.2 Å². The Morgan fingerprint density at radius 2 is 2.40 bits per heavy atom. The van der Waals surface area contributed by atoms with E-state index in [0.717, 1.165) is 12.2 Å². The summed E-state index contributed by atoms with van der Waals surface area (Å²) in [6, 6.07) is 0. The standard InChI is InChI=1S/C7H10O2S/c8-7-4-2-1-3-5-10-6-9-7/h1,3H,2,4-6H2/b3-1-. The molecule has 0 N–H and O–H groups in total. The van der Waals surface area contributed by atoms with Gasteiger partial charge < -0.3 is 4.74 Å². The summed E-state index contributed by atoms with van der Waals surface area (Å²) in [4.78, 5) is 10.7. The monoisotopic (exact) mass is 158 g/mol. The molecule has 0 saturated heterocycles. The van der Waals surface area contributed by atoms with Crippen molar-refractivity contribution < 1.29 is 9.53 Å². The number of thioether (sulfide) groups is 1. The van der Waals surface area contributed by atoms with Crippen LogP contribution in [-0.4, -0.2) is 17.7 Å². The summed E-state index contributed by atoms with van der Waals surface area (Å²) in [5, 5.41) is 0. The number of cyclic esters (lactones) is 1. The van der Waals surface area contributed by atoms with E-state index in [1.165, 1.54) is 0 Å². The zero-order valence-electron chi connectivity index (χ0n) is 5.71. The minimum Gasteiger partial charge on any atom is -0.455 e. The molecule has 10 heavy (non-hydrogen) atoms. The molecular weight excluding hydrogens is 148 g/mol. The molecule has 0 unspecified atom stereocenters. The summed E-state index contributed by atoms with van der Waals surface area (Å²) in [5.41, 5.74) is 0. The zero-order chi connectivity index (χ0) is 7.23. The number of esters is 1. The smallest absolute Gasteiger partial charge is 0.306 e. The van der Waals surface area contributed by atoms with E-state index >= 15 is 0 Å². The highest BCUT2D eigenvalue weighted by molar-refractivity contribution is 7.99. The van der Waals surface area contributed by atoms with Crippen LogP contribution < -0.4 is 0 Å². The molecule has 2 nitrogen and oxygen atoms in total. The van der Waals surface area contributed by atoms with Crippen molar-refractivity contribution in [3.8, 4) is 0 Å². The van der Waals surface area contributed by atoms with Crippen LogP contribution >= 0.6 is 11.8 Å². The van der Waals surface area contributed by atoms with E-state index in [1.807, 2.05) is 6.08 Å². The van der Waals surface area contributed by atoms with Crippen molar-refractivity contribution >= 4 is 17.7 Å². The van der Waals surface area contributed by atoms with Crippen LogP contribution in [0.2, 0.25) is 0 Å². The Kier molecular flexibility index (Phi) is 3.36. The van der Waals surface area contributed by atoms with E-state index in [2.05, 4.69) is 6.08 Å². The summed E-state index contributed by atoms with van der Waals surface area (Å²) in [5.74, 6) is 1.37. The van der Waals surface area contributed by atoms with Crippen LogP contribution in [0.3, 0.4) is 0 Å². The maximum atomic E-state index is 10.7. The van der Waals surface area contributed by atoms with Gasteiger partial charge in [-0.25, -0.2) is 0 Å². The average molecular weight is 158 g/mol. The Morgan fingerprint density at radius 3 is 3.30 bits per heavy atom. The Morgan fingerprint density at radius 1 is 1.50 bits per heavy atom. The van der Waals surface area contributed by atoms with E-state index in [4.69, 9.17) is 4.74 Å². The van der Waals surface area contributed by atoms with E-state index < -0.39 is 0 Å². The molecule has 0 fully saturated rings. The lowest BCUT2D eigenvalue weighted by Gasteiger charge is -1.98. The highest BCUT2D eigenvalue weighted by Gasteiger charge is 2.01. The summed E-state index contributed by atoms with van der Waals surface area (Å²) in [6.45, 7) is 0. The van der Waals surface area contributed by atoms with Gasteiger partial charge in [-0.15, -0.1) is 11.8 Å². The number of carbonyl (C=O) groups is 1. The molecular formula is C7H10O2S. The Balaban J connectivity index is 2.32. The fourth-order valence-corrected chi connectivity index (χ4v) is 1.27. The van der Waals surface area contributed by atoms with E-state index in [-0.39, 0.29) is 5.97 Å². The summed E-state index contributed by atoms with van der Waals surface area (Å²) in [6.07, 6.45) is 5.45. The van der Waals surface area contributed by atoms with Crippen molar-refractivity contribution in [3.63, 3.8) is 0 Å². The van der Waals surface area contributed by atoms with E-state index in [1.54, 1.807) is 11.8 Å². The molecule has 3 heteroatoms. The van der Waals surface area contributed by atoms with Crippen molar-refractivity contribution in [1.82, 2.24) is 0 Å². The van der Waals surface area contributed by atoms with Gasteiger partial charge in [-0.2, -0.15) is 0 Å². The topological polar surface area (TPSA) is 26.3 Å². The van der Waals surface area contributed by atoms with E-state index in [9.17, 15) is 4.79 Å². The van der Waals surface area contributed by atoms with Crippen molar-refractivity contribution in [1.29, 1.82) is 0 Å². The lowest BCUT2D eigenvalue weighted by atomic mass is 10.3. The third-order valence-electron chi connectivity index (χ3n) is 1.20. The van der Waals surface area contributed by atoms with E-state index in [0.29, 0.717) is 12.4 Å². The van der Waals surface area contributed by atoms with Gasteiger partial charge in [0, 0.05) is 12.2 Å². The van der Waals surface area contributed by atoms with Gasteiger partial charge in [0.15, 0.2) is 0 Å². The molecule has 1 heterocycles. The van der Waals surface area contributed by atoms with Gasteiger partial charge in [-0.1, -0.05) is 12.2 Å². The second kappa shape index (κ2) is 4.39. The lowest BCUT2D eigenvalue weighted by molar-refractivity contribution is -0.141. The Bertz CT molecular complexity index is 143. The van der Waals surface area contributed by atoms with Gasteiger partial charge in [-0.3, -0.25) is 4.79 Å². The van der Waals surface area contributed by atoms with Crippen LogP contribution in [0.25, 0.3) is 0 Å². The second-order valence-corrected chi connectivity index (χ2v) is 2.99. The van der Waals surface area contributed by atoms with Gasteiger partial charge in [0.2, 0.25) is 0 Å². The zero-order valence-corrected chi connectivity index (χ0v) is 6.52. The third kappa shape index (κ3) is 2.92. The molecule has 0 radical (unpaired) electrons. The van der Waals surface area contributed by atoms with Crippen LogP contribution in [0, 0.1) is 0 Å². The molecule has 1 aliphatic heterocycles. The van der Waals surface area contributed by atoms with Crippen LogP contribution in [0.4, 0.5) is 0 Å². The maximum absolute atomic E-state index is 10.7. The summed E-state index contributed by atoms with van der Waals surface area (Å²) < 4.78 is 4.85. The molecule has 0 aliphatic carbocycles. The molecule has 56 valence electrons. The first-order valence-corrected chi connectivity index (χ1v) is 4.43. The van der Waals surface area contributed by atoms with Crippen LogP contribution in [0.5, 0.6) is 0 Å². The third-order valence-corrected chi connectivity index (χ3v) is 1.91. The molecule has 0 aromatic carbocycles. The molecule has 1 rings (SSSR count). The lowest BCUT2D eigenvalue weighted by Crippen LogP contribution is -2.02. The number of carbonyl (C=O) groups excluding carboxylic acids is 1. The number of ether oxygens (including phenoxy) is 1. The quantitative estimate of drug-likeness (QED) is 0.395. The van der Waals surface area contributed by atoms with Gasteiger partial charge >= 0.3 is 5.97 Å². The molecule has 0 saturated carbocycles. The number of hydrogen-bond donors (Lipinski definition) is 0. The van der Waals surface area contributed by atoms with Gasteiger partial charge in [0.25, 0.3) is 0 Å². The minimum atomic E-state index is -0.0842. The molecule has 0 bridgehead atoms. The van der Waals surface area contributed by atoms with Gasteiger partial charge in [-0.05, 0) is 6.42 Å². The SMILES string of the molecule is O=C1CC/C=C\CSCO1. The van der Waals surface area contributed by atoms with Crippen molar-refractivity contribution in [3.05, 3.63) is 12.2 Å². The van der Waals surface area contributed by atoms with Crippen LogP contribution in [-0.2, 0) is 9.53 Å². The highest BCUT2D eigenvalue weighted by atomic mass is 32.2. The minimum absolute atomic E-state index is 0.0842. The maximum Gasteiger partial charge on any atom is 0.306 e. The Hall–Kier alpha value is -0.440. The van der Waals surface area contributed by atoms with Crippen molar-refractivity contribution in [2.75, 3.05) is 11.7 Å². The molecule has 0 aromatic rings. The van der Waals surface area contributed by atoms with Crippen molar-refractivity contribution in [2.45, 2.75) is 12.8 Å². The summed E-state index contributed by atoms with van der Waals surface area (Å²) in [7, 11) is 0. The first kappa shape index (κ1) is 7.66. The Labute approximate surface area is 64.6 Å². The van der Waals surface area contributed by atoms with Gasteiger partial charge in [0.05, 0.1) is 0 Å². The fraction of sp³-hybridized carbons (Fsp3) is 0.571. The molecule has 0 aromatic heterocycles. The summed E-state index contributed by atoms with van der Waals surface area (Å²) >= 11 is 1.62. The molecule has 0 amide bonds. The predicted molar refractivity (Wildman–Crippen MR) is 41.8 cm³/mol. The first-order valence-electron chi connectivity index (χ1n) is 3.28. The number of hydrogen-bond acceptors (Lipinski definition) is 3.